The Kier molecular flexibility index (Phi) is 7.97. The van der Waals surface area contributed by atoms with Gasteiger partial charge in [0.05, 0.1) is 17.6 Å². The number of nitrogens with one attached hydrogen (secondary N) is 1. The van der Waals surface area contributed by atoms with Gasteiger partial charge in [-0.25, -0.2) is 9.97 Å². The van der Waals surface area contributed by atoms with Crippen LogP contribution in [-0.2, 0) is 11.2 Å². The molecule has 3 fully saturated rings. The number of anilines is 1. The maximum absolute atomic E-state index is 5.52. The van der Waals surface area contributed by atoms with Crippen LogP contribution in [0, 0.1) is 6.92 Å². The molecule has 9 heteroatoms. The molecule has 1 N–H and O–H groups in total. The SMILES string of the molecule is Cc1csc2nc(Cc3cnn(C4CCOCC4)c3)nc(NC3CCC(N4CCC(N(C)C)CC4)CC3)c12. The minimum atomic E-state index is 0.438. The third kappa shape index (κ3) is 5.76. The van der Waals surface area contributed by atoms with Crippen LogP contribution in [0.3, 0.4) is 0 Å². The summed E-state index contributed by atoms with van der Waals surface area (Å²) in [6, 6.07) is 2.41. The van der Waals surface area contributed by atoms with Crippen LogP contribution in [0.4, 0.5) is 5.82 Å². The normalized spacial score (nSPS) is 24.4. The lowest BCUT2D eigenvalue weighted by Crippen LogP contribution is -2.48. The van der Waals surface area contributed by atoms with Gasteiger partial charge < -0.3 is 19.9 Å². The van der Waals surface area contributed by atoms with Crippen molar-refractivity contribution in [3.05, 3.63) is 34.7 Å². The molecule has 8 nitrogen and oxygen atoms in total. The first-order valence-corrected chi connectivity index (χ1v) is 15.4. The van der Waals surface area contributed by atoms with Crippen molar-refractivity contribution in [1.82, 2.24) is 29.5 Å². The Morgan fingerprint density at radius 1 is 1.00 bits per heavy atom. The molecule has 0 aromatic carbocycles. The summed E-state index contributed by atoms with van der Waals surface area (Å²) < 4.78 is 7.64. The van der Waals surface area contributed by atoms with Gasteiger partial charge in [-0.1, -0.05) is 0 Å². The topological polar surface area (TPSA) is 71.3 Å². The van der Waals surface area contributed by atoms with Crippen LogP contribution in [0.2, 0.25) is 0 Å². The van der Waals surface area contributed by atoms with E-state index in [9.17, 15) is 0 Å². The summed E-state index contributed by atoms with van der Waals surface area (Å²) >= 11 is 1.73. The van der Waals surface area contributed by atoms with Crippen LogP contribution < -0.4 is 5.32 Å². The molecule has 0 radical (unpaired) electrons. The van der Waals surface area contributed by atoms with Crippen molar-refractivity contribution in [2.24, 2.45) is 0 Å². The summed E-state index contributed by atoms with van der Waals surface area (Å²) in [4.78, 5) is 16.3. The van der Waals surface area contributed by atoms with Gasteiger partial charge in [0.2, 0.25) is 0 Å². The molecule has 1 aliphatic carbocycles. The smallest absolute Gasteiger partial charge is 0.139 e. The van der Waals surface area contributed by atoms with Crippen molar-refractivity contribution < 1.29 is 4.74 Å². The lowest BCUT2D eigenvalue weighted by atomic mass is 9.88. The predicted molar refractivity (Wildman–Crippen MR) is 154 cm³/mol. The van der Waals surface area contributed by atoms with Crippen molar-refractivity contribution in [1.29, 1.82) is 0 Å². The highest BCUT2D eigenvalue weighted by atomic mass is 32.1. The van der Waals surface area contributed by atoms with E-state index in [4.69, 9.17) is 14.7 Å². The average molecular weight is 538 g/mol. The van der Waals surface area contributed by atoms with E-state index in [1.54, 1.807) is 11.3 Å². The lowest BCUT2D eigenvalue weighted by molar-refractivity contribution is 0.0662. The van der Waals surface area contributed by atoms with Gasteiger partial charge in [0.15, 0.2) is 0 Å². The van der Waals surface area contributed by atoms with Crippen LogP contribution in [0.15, 0.2) is 17.8 Å². The van der Waals surface area contributed by atoms with Gasteiger partial charge in [-0.2, -0.15) is 5.10 Å². The molecule has 3 aromatic rings. The Morgan fingerprint density at radius 3 is 2.50 bits per heavy atom. The van der Waals surface area contributed by atoms with Gasteiger partial charge in [-0.15, -0.1) is 11.3 Å². The molecule has 3 aliphatic rings. The van der Waals surface area contributed by atoms with Gasteiger partial charge in [0.25, 0.3) is 0 Å². The number of rotatable bonds is 7. The number of fused-ring (bicyclic) bond motifs is 1. The third-order valence-electron chi connectivity index (χ3n) is 9.03. The number of thiophene rings is 1. The molecular weight excluding hydrogens is 494 g/mol. The van der Waals surface area contributed by atoms with Crippen LogP contribution in [0.5, 0.6) is 0 Å². The zero-order valence-electron chi connectivity index (χ0n) is 23.2. The number of aryl methyl sites for hydroxylation is 1. The Balaban J connectivity index is 1.11. The number of ether oxygens (including phenoxy) is 1. The average Bonchev–Trinajstić information content (AvgIpc) is 3.56. The quantitative estimate of drug-likeness (QED) is 0.460. The predicted octanol–water partition coefficient (Wildman–Crippen LogP) is 4.89. The largest absolute Gasteiger partial charge is 0.381 e. The molecular formula is C29H43N7OS. The van der Waals surface area contributed by atoms with E-state index in [1.807, 2.05) is 6.20 Å². The number of likely N-dealkylation sites (tertiary alicyclic amines) is 1. The van der Waals surface area contributed by atoms with E-state index >= 15 is 0 Å². The molecule has 206 valence electrons. The first-order valence-electron chi connectivity index (χ1n) is 14.6. The fourth-order valence-corrected chi connectivity index (χ4v) is 7.60. The minimum absolute atomic E-state index is 0.438. The van der Waals surface area contributed by atoms with E-state index in [0.29, 0.717) is 18.5 Å². The standard InChI is InChI=1S/C29H43N7OS/c1-20-19-38-29-27(20)28(31-22-4-6-24(7-5-22)35-12-8-23(9-13-35)34(2)3)32-26(33-29)16-21-17-30-36(18-21)25-10-14-37-15-11-25/h17-19,22-25H,4-16H2,1-3H3,(H,31,32,33). The molecule has 5 heterocycles. The highest BCUT2D eigenvalue weighted by molar-refractivity contribution is 7.17. The second-order valence-corrected chi connectivity index (χ2v) is 12.7. The molecule has 0 atom stereocenters. The number of nitrogens with zero attached hydrogens (tertiary/aromatic N) is 6. The van der Waals surface area contributed by atoms with E-state index in [0.717, 1.165) is 54.6 Å². The monoisotopic (exact) mass is 537 g/mol. The fourth-order valence-electron chi connectivity index (χ4n) is 6.66. The van der Waals surface area contributed by atoms with E-state index in [2.05, 4.69) is 57.5 Å². The van der Waals surface area contributed by atoms with Crippen LogP contribution in [-0.4, -0.2) is 88.1 Å². The lowest BCUT2D eigenvalue weighted by Gasteiger charge is -2.42. The number of hydrogen-bond donors (Lipinski definition) is 1. The summed E-state index contributed by atoms with van der Waals surface area (Å²) in [6.07, 6.45) is 14.5. The third-order valence-corrected chi connectivity index (χ3v) is 10.0. The van der Waals surface area contributed by atoms with Gasteiger partial charge in [-0.3, -0.25) is 4.68 Å². The van der Waals surface area contributed by atoms with Crippen LogP contribution in [0.1, 0.15) is 74.4 Å². The van der Waals surface area contributed by atoms with Crippen molar-refractivity contribution in [2.45, 2.75) is 88.9 Å². The van der Waals surface area contributed by atoms with Crippen molar-refractivity contribution >= 4 is 27.4 Å². The maximum Gasteiger partial charge on any atom is 0.139 e. The first-order chi connectivity index (χ1) is 18.5. The van der Waals surface area contributed by atoms with Crippen molar-refractivity contribution in [3.8, 4) is 0 Å². The number of aromatic nitrogens is 4. The summed E-state index contributed by atoms with van der Waals surface area (Å²) in [5.41, 5.74) is 2.44. The summed E-state index contributed by atoms with van der Waals surface area (Å²) in [5.74, 6) is 1.90. The van der Waals surface area contributed by atoms with Gasteiger partial charge in [-0.05, 0) is 102 Å². The van der Waals surface area contributed by atoms with Gasteiger partial charge >= 0.3 is 0 Å². The highest BCUT2D eigenvalue weighted by Gasteiger charge is 2.30. The Labute approximate surface area is 230 Å². The Hall–Kier alpha value is -2.07. The molecule has 1 saturated carbocycles. The summed E-state index contributed by atoms with van der Waals surface area (Å²) in [6.45, 7) is 6.33. The first kappa shape index (κ1) is 26.2. The summed E-state index contributed by atoms with van der Waals surface area (Å²) in [5, 5.41) is 12.0. The van der Waals surface area contributed by atoms with Crippen LogP contribution in [0.25, 0.3) is 10.2 Å². The zero-order valence-corrected chi connectivity index (χ0v) is 24.1. The van der Waals surface area contributed by atoms with Crippen molar-refractivity contribution in [2.75, 3.05) is 45.7 Å². The van der Waals surface area contributed by atoms with Gasteiger partial charge in [0, 0.05) is 44.0 Å². The highest BCUT2D eigenvalue weighted by Crippen LogP contribution is 2.33. The number of hydrogen-bond acceptors (Lipinski definition) is 8. The van der Waals surface area contributed by atoms with E-state index < -0.39 is 0 Å². The molecule has 2 saturated heterocycles. The zero-order chi connectivity index (χ0) is 26.1. The molecule has 6 rings (SSSR count). The maximum atomic E-state index is 5.52. The van der Waals surface area contributed by atoms with E-state index in [-0.39, 0.29) is 0 Å². The molecule has 0 bridgehead atoms. The summed E-state index contributed by atoms with van der Waals surface area (Å²) in [7, 11) is 4.45. The number of piperidine rings is 1. The van der Waals surface area contributed by atoms with Gasteiger partial charge in [0.1, 0.15) is 16.5 Å². The Bertz CT molecular complexity index is 1200. The second-order valence-electron chi connectivity index (χ2n) is 11.8. The molecule has 2 aliphatic heterocycles. The Morgan fingerprint density at radius 2 is 1.76 bits per heavy atom. The van der Waals surface area contributed by atoms with E-state index in [1.165, 1.54) is 68.1 Å². The minimum Gasteiger partial charge on any atom is -0.381 e. The fraction of sp³-hybridized carbons (Fsp3) is 0.690. The molecule has 3 aromatic heterocycles. The second kappa shape index (κ2) is 11.6. The molecule has 0 unspecified atom stereocenters. The van der Waals surface area contributed by atoms with Crippen LogP contribution >= 0.6 is 11.3 Å². The molecule has 0 spiro atoms. The molecule has 0 amide bonds. The molecule has 38 heavy (non-hydrogen) atoms. The van der Waals surface area contributed by atoms with Crippen molar-refractivity contribution in [3.63, 3.8) is 0 Å².